The maximum absolute atomic E-state index is 6.13. The lowest BCUT2D eigenvalue weighted by atomic mass is 10.3. The number of aromatic nitrogens is 4. The number of H-pyrrole nitrogens is 1. The number of hydrogen-bond donors (Lipinski definition) is 2. The number of nitrogens with zero attached hydrogens (tertiary/aromatic N) is 3. The first-order chi connectivity index (χ1) is 9.33. The van der Waals surface area contributed by atoms with Gasteiger partial charge in [0.05, 0.1) is 35.3 Å². The van der Waals surface area contributed by atoms with Crippen LogP contribution in [-0.4, -0.2) is 19.7 Å². The molecule has 3 rings (SSSR count). The molecule has 0 radical (unpaired) electrons. The largest absolute Gasteiger partial charge is 0.375 e. The van der Waals surface area contributed by atoms with E-state index in [1.807, 2.05) is 30.5 Å². The van der Waals surface area contributed by atoms with Gasteiger partial charge < -0.3 is 10.3 Å². The second-order valence-electron chi connectivity index (χ2n) is 4.01. The highest BCUT2D eigenvalue weighted by atomic mass is 35.5. The Morgan fingerprint density at radius 2 is 2.21 bits per heavy atom. The summed E-state index contributed by atoms with van der Waals surface area (Å²) in [5.74, 6) is 0.880. The molecule has 5 nitrogen and oxygen atoms in total. The minimum absolute atomic E-state index is 0.626. The summed E-state index contributed by atoms with van der Waals surface area (Å²) >= 11 is 6.13. The minimum Gasteiger partial charge on any atom is -0.375 e. The highest BCUT2D eigenvalue weighted by Gasteiger charge is 2.04. The molecule has 96 valence electrons. The van der Waals surface area contributed by atoms with Crippen LogP contribution in [0, 0.1) is 0 Å². The lowest BCUT2D eigenvalue weighted by molar-refractivity contribution is 0.880. The van der Waals surface area contributed by atoms with Crippen LogP contribution < -0.4 is 5.32 Å². The molecule has 0 saturated carbocycles. The maximum Gasteiger partial charge on any atom is 0.125 e. The summed E-state index contributed by atoms with van der Waals surface area (Å²) in [6.07, 6.45) is 7.17. The van der Waals surface area contributed by atoms with Crippen molar-refractivity contribution in [2.75, 3.05) is 5.32 Å². The third-order valence-electron chi connectivity index (χ3n) is 2.70. The molecular weight excluding hydrogens is 262 g/mol. The number of aromatic amines is 1. The summed E-state index contributed by atoms with van der Waals surface area (Å²) in [6, 6.07) is 7.59. The molecule has 0 atom stereocenters. The van der Waals surface area contributed by atoms with Crippen LogP contribution >= 0.6 is 11.6 Å². The maximum atomic E-state index is 6.13. The molecule has 19 heavy (non-hydrogen) atoms. The number of para-hydroxylation sites is 1. The lowest BCUT2D eigenvalue weighted by Crippen LogP contribution is -2.00. The van der Waals surface area contributed by atoms with E-state index in [9.17, 15) is 0 Å². The minimum atomic E-state index is 0.626. The fourth-order valence-corrected chi connectivity index (χ4v) is 1.99. The standard InChI is InChI=1S/C13H12ClN5/c14-11-3-1-2-4-12(11)19-9-10(7-18-19)17-8-13-15-5-6-16-13/h1-7,9,17H,8H2,(H,15,16). The summed E-state index contributed by atoms with van der Waals surface area (Å²) < 4.78 is 1.74. The van der Waals surface area contributed by atoms with Crippen LogP contribution in [0.4, 0.5) is 5.69 Å². The van der Waals surface area contributed by atoms with Crippen LogP contribution in [0.3, 0.4) is 0 Å². The fraction of sp³-hybridized carbons (Fsp3) is 0.0769. The van der Waals surface area contributed by atoms with E-state index in [0.717, 1.165) is 17.2 Å². The third kappa shape index (κ3) is 2.61. The molecule has 2 aromatic heterocycles. The van der Waals surface area contributed by atoms with Gasteiger partial charge in [0.25, 0.3) is 0 Å². The number of rotatable bonds is 4. The average Bonchev–Trinajstić information content (AvgIpc) is 3.08. The molecule has 1 aromatic carbocycles. The Morgan fingerprint density at radius 1 is 1.32 bits per heavy atom. The van der Waals surface area contributed by atoms with Crippen LogP contribution in [0.2, 0.25) is 5.02 Å². The van der Waals surface area contributed by atoms with Crippen molar-refractivity contribution in [1.82, 2.24) is 19.7 Å². The van der Waals surface area contributed by atoms with Crippen molar-refractivity contribution in [2.24, 2.45) is 0 Å². The zero-order chi connectivity index (χ0) is 13.1. The lowest BCUT2D eigenvalue weighted by Gasteiger charge is -2.03. The van der Waals surface area contributed by atoms with Crippen molar-refractivity contribution < 1.29 is 0 Å². The smallest absolute Gasteiger partial charge is 0.125 e. The van der Waals surface area contributed by atoms with E-state index in [1.165, 1.54) is 0 Å². The predicted molar refractivity (Wildman–Crippen MR) is 74.5 cm³/mol. The van der Waals surface area contributed by atoms with Gasteiger partial charge in [-0.15, -0.1) is 0 Å². The van der Waals surface area contributed by atoms with Gasteiger partial charge in [0.1, 0.15) is 5.82 Å². The molecule has 2 heterocycles. The molecule has 0 saturated heterocycles. The van der Waals surface area contributed by atoms with Crippen molar-refractivity contribution in [3.8, 4) is 5.69 Å². The normalized spacial score (nSPS) is 10.6. The zero-order valence-electron chi connectivity index (χ0n) is 10.0. The van der Waals surface area contributed by atoms with Crippen LogP contribution in [0.1, 0.15) is 5.82 Å². The van der Waals surface area contributed by atoms with E-state index in [2.05, 4.69) is 20.4 Å². The van der Waals surface area contributed by atoms with Gasteiger partial charge >= 0.3 is 0 Å². The van der Waals surface area contributed by atoms with Gasteiger partial charge in [0, 0.05) is 12.4 Å². The van der Waals surface area contributed by atoms with Gasteiger partial charge in [-0.2, -0.15) is 5.10 Å². The molecule has 0 fully saturated rings. The number of anilines is 1. The molecule has 0 unspecified atom stereocenters. The van der Waals surface area contributed by atoms with Crippen molar-refractivity contribution in [1.29, 1.82) is 0 Å². The van der Waals surface area contributed by atoms with Gasteiger partial charge in [0.2, 0.25) is 0 Å². The summed E-state index contributed by atoms with van der Waals surface area (Å²) in [7, 11) is 0. The van der Waals surface area contributed by atoms with Gasteiger partial charge in [-0.25, -0.2) is 9.67 Å². The van der Waals surface area contributed by atoms with E-state index in [4.69, 9.17) is 11.6 Å². The van der Waals surface area contributed by atoms with Crippen molar-refractivity contribution in [3.05, 3.63) is 59.9 Å². The molecule has 2 N–H and O–H groups in total. The van der Waals surface area contributed by atoms with Crippen LogP contribution in [0.5, 0.6) is 0 Å². The van der Waals surface area contributed by atoms with Gasteiger partial charge in [0.15, 0.2) is 0 Å². The van der Waals surface area contributed by atoms with Crippen molar-refractivity contribution in [2.45, 2.75) is 6.54 Å². The number of nitrogens with one attached hydrogen (secondary N) is 2. The summed E-state index contributed by atoms with van der Waals surface area (Å²) in [6.45, 7) is 0.626. The summed E-state index contributed by atoms with van der Waals surface area (Å²) in [5, 5.41) is 8.19. The predicted octanol–water partition coefficient (Wildman–Crippen LogP) is 2.86. The summed E-state index contributed by atoms with van der Waals surface area (Å²) in [5.41, 5.74) is 1.77. The number of halogens is 1. The molecule has 0 spiro atoms. The van der Waals surface area contributed by atoms with Crippen LogP contribution in [0.15, 0.2) is 49.1 Å². The number of benzene rings is 1. The molecule has 0 aliphatic heterocycles. The highest BCUT2D eigenvalue weighted by molar-refractivity contribution is 6.32. The van der Waals surface area contributed by atoms with Gasteiger partial charge in [-0.05, 0) is 12.1 Å². The average molecular weight is 274 g/mol. The SMILES string of the molecule is Clc1ccccc1-n1cc(NCc2ncc[nH]2)cn1. The molecular formula is C13H12ClN5. The first-order valence-electron chi connectivity index (χ1n) is 5.84. The Balaban J connectivity index is 1.75. The Bertz CT molecular complexity index is 659. The Kier molecular flexibility index (Phi) is 3.20. The van der Waals surface area contributed by atoms with Gasteiger partial charge in [-0.1, -0.05) is 23.7 Å². The first kappa shape index (κ1) is 11.8. The quantitative estimate of drug-likeness (QED) is 0.768. The Hall–Kier alpha value is -2.27. The Morgan fingerprint density at radius 3 is 3.00 bits per heavy atom. The van der Waals surface area contributed by atoms with E-state index >= 15 is 0 Å². The summed E-state index contributed by atoms with van der Waals surface area (Å²) in [4.78, 5) is 7.18. The molecule has 0 aliphatic carbocycles. The monoisotopic (exact) mass is 273 g/mol. The van der Waals surface area contributed by atoms with Crippen molar-refractivity contribution in [3.63, 3.8) is 0 Å². The number of hydrogen-bond acceptors (Lipinski definition) is 3. The molecule has 6 heteroatoms. The molecule has 0 amide bonds. The zero-order valence-corrected chi connectivity index (χ0v) is 10.8. The van der Waals surface area contributed by atoms with Crippen LogP contribution in [0.25, 0.3) is 5.69 Å². The van der Waals surface area contributed by atoms with Crippen LogP contribution in [-0.2, 0) is 6.54 Å². The molecule has 0 aliphatic rings. The molecule has 0 bridgehead atoms. The third-order valence-corrected chi connectivity index (χ3v) is 3.02. The van der Waals surface area contributed by atoms with E-state index in [-0.39, 0.29) is 0 Å². The van der Waals surface area contributed by atoms with Gasteiger partial charge in [-0.3, -0.25) is 0 Å². The number of imidazole rings is 1. The van der Waals surface area contributed by atoms with Crippen molar-refractivity contribution >= 4 is 17.3 Å². The second-order valence-corrected chi connectivity index (χ2v) is 4.42. The fourth-order valence-electron chi connectivity index (χ4n) is 1.76. The Labute approximate surface area is 115 Å². The van der Waals surface area contributed by atoms with E-state index in [1.54, 1.807) is 23.3 Å². The highest BCUT2D eigenvalue weighted by Crippen LogP contribution is 2.20. The molecule has 3 aromatic rings. The first-order valence-corrected chi connectivity index (χ1v) is 6.22. The topological polar surface area (TPSA) is 58.5 Å². The van der Waals surface area contributed by atoms with E-state index < -0.39 is 0 Å². The van der Waals surface area contributed by atoms with E-state index in [0.29, 0.717) is 11.6 Å². The second kappa shape index (κ2) is 5.16.